The number of terminal acetylenes is 1. The maximum absolute atomic E-state index is 5.35. The van der Waals surface area contributed by atoms with Gasteiger partial charge in [0.25, 0.3) is 0 Å². The topological polar surface area (TPSA) is 12.0 Å². The predicted octanol–water partition coefficient (Wildman–Crippen LogP) is 2.42. The molecule has 0 amide bonds. The van der Waals surface area contributed by atoms with Gasteiger partial charge >= 0.3 is 0 Å². The maximum Gasteiger partial charge on any atom is 0.0243 e. The van der Waals surface area contributed by atoms with Gasteiger partial charge in [-0.2, -0.15) is 0 Å². The van der Waals surface area contributed by atoms with Crippen molar-refractivity contribution in [3.05, 3.63) is 0 Å². The molecule has 1 saturated carbocycles. The summed E-state index contributed by atoms with van der Waals surface area (Å²) in [6.45, 7) is 2.35. The number of nitrogens with one attached hydrogen (secondary N) is 1. The molecular formula is C12H21N. The van der Waals surface area contributed by atoms with Gasteiger partial charge in [0, 0.05) is 12.5 Å². The minimum atomic E-state index is 0.553. The molecule has 0 radical (unpaired) electrons. The van der Waals surface area contributed by atoms with Crippen molar-refractivity contribution < 1.29 is 0 Å². The van der Waals surface area contributed by atoms with Crippen molar-refractivity contribution in [1.29, 1.82) is 0 Å². The lowest BCUT2D eigenvalue weighted by Crippen LogP contribution is -2.35. The zero-order chi connectivity index (χ0) is 9.68. The number of hydrogen-bond acceptors (Lipinski definition) is 1. The van der Waals surface area contributed by atoms with Crippen molar-refractivity contribution in [2.45, 2.75) is 45.1 Å². The zero-order valence-corrected chi connectivity index (χ0v) is 8.84. The van der Waals surface area contributed by atoms with E-state index >= 15 is 0 Å². The van der Waals surface area contributed by atoms with Gasteiger partial charge in [-0.1, -0.05) is 19.8 Å². The third-order valence-electron chi connectivity index (χ3n) is 3.34. The van der Waals surface area contributed by atoms with Gasteiger partial charge in [-0.05, 0) is 31.7 Å². The second kappa shape index (κ2) is 5.29. The summed E-state index contributed by atoms with van der Waals surface area (Å²) < 4.78 is 0. The molecule has 0 spiro atoms. The molecule has 74 valence electrons. The van der Waals surface area contributed by atoms with Gasteiger partial charge in [-0.3, -0.25) is 0 Å². The van der Waals surface area contributed by atoms with Crippen LogP contribution in [0.2, 0.25) is 0 Å². The molecule has 1 N–H and O–H groups in total. The van der Waals surface area contributed by atoms with Crippen LogP contribution in [0.25, 0.3) is 0 Å². The summed E-state index contributed by atoms with van der Waals surface area (Å²) in [6, 6.07) is 0.553. The highest BCUT2D eigenvalue weighted by atomic mass is 14.9. The third-order valence-corrected chi connectivity index (χ3v) is 3.34. The minimum Gasteiger partial charge on any atom is -0.316 e. The van der Waals surface area contributed by atoms with Gasteiger partial charge in [0.1, 0.15) is 0 Å². The lowest BCUT2D eigenvalue weighted by atomic mass is 9.78. The van der Waals surface area contributed by atoms with E-state index in [-0.39, 0.29) is 0 Å². The van der Waals surface area contributed by atoms with E-state index in [2.05, 4.69) is 18.2 Å². The minimum absolute atomic E-state index is 0.553. The normalized spacial score (nSPS) is 30.8. The highest BCUT2D eigenvalue weighted by Crippen LogP contribution is 2.31. The lowest BCUT2D eigenvalue weighted by Gasteiger charge is -2.31. The van der Waals surface area contributed by atoms with Gasteiger partial charge in [0.05, 0.1) is 0 Å². The van der Waals surface area contributed by atoms with Gasteiger partial charge in [-0.15, -0.1) is 12.3 Å². The Morgan fingerprint density at radius 2 is 2.00 bits per heavy atom. The van der Waals surface area contributed by atoms with E-state index in [9.17, 15) is 0 Å². The molecule has 0 aliphatic heterocycles. The molecule has 1 nitrogen and oxygen atoms in total. The molecule has 1 fully saturated rings. The lowest BCUT2D eigenvalue weighted by molar-refractivity contribution is 0.238. The van der Waals surface area contributed by atoms with Crippen molar-refractivity contribution in [2.24, 2.45) is 11.8 Å². The molecule has 1 rings (SSSR count). The van der Waals surface area contributed by atoms with Crippen molar-refractivity contribution >= 4 is 0 Å². The number of rotatable bonds is 3. The van der Waals surface area contributed by atoms with Crippen LogP contribution in [0.1, 0.15) is 39.0 Å². The summed E-state index contributed by atoms with van der Waals surface area (Å²) in [5.74, 6) is 4.51. The molecule has 0 bridgehead atoms. The van der Waals surface area contributed by atoms with Crippen LogP contribution >= 0.6 is 0 Å². The van der Waals surface area contributed by atoms with Crippen molar-refractivity contribution in [2.75, 3.05) is 7.05 Å². The fourth-order valence-electron chi connectivity index (χ4n) is 2.32. The molecule has 1 heteroatoms. The van der Waals surface area contributed by atoms with Crippen molar-refractivity contribution in [1.82, 2.24) is 5.32 Å². The van der Waals surface area contributed by atoms with E-state index < -0.39 is 0 Å². The molecular weight excluding hydrogens is 158 g/mol. The molecule has 13 heavy (non-hydrogen) atoms. The van der Waals surface area contributed by atoms with Crippen LogP contribution in [-0.2, 0) is 0 Å². The summed E-state index contributed by atoms with van der Waals surface area (Å²) in [5, 5.41) is 3.35. The summed E-state index contributed by atoms with van der Waals surface area (Å²) >= 11 is 0. The Morgan fingerprint density at radius 3 is 2.46 bits per heavy atom. The first-order valence-electron chi connectivity index (χ1n) is 5.38. The Morgan fingerprint density at radius 1 is 1.38 bits per heavy atom. The van der Waals surface area contributed by atoms with E-state index in [0.29, 0.717) is 6.04 Å². The Kier molecular flexibility index (Phi) is 4.32. The second-order valence-electron chi connectivity index (χ2n) is 4.32. The van der Waals surface area contributed by atoms with E-state index in [1.165, 1.54) is 25.7 Å². The first-order valence-corrected chi connectivity index (χ1v) is 5.38. The second-order valence-corrected chi connectivity index (χ2v) is 4.32. The first kappa shape index (κ1) is 10.6. The van der Waals surface area contributed by atoms with E-state index in [0.717, 1.165) is 18.3 Å². The van der Waals surface area contributed by atoms with Gasteiger partial charge in [-0.25, -0.2) is 0 Å². The smallest absolute Gasteiger partial charge is 0.0243 e. The SMILES string of the molecule is C#CCC(NC)C1CCC(C)CC1. The maximum atomic E-state index is 5.35. The molecule has 1 aliphatic carbocycles. The van der Waals surface area contributed by atoms with Crippen LogP contribution in [0.5, 0.6) is 0 Å². The highest BCUT2D eigenvalue weighted by molar-refractivity contribution is 4.93. The molecule has 1 unspecified atom stereocenters. The molecule has 0 saturated heterocycles. The number of hydrogen-bond donors (Lipinski definition) is 1. The van der Waals surface area contributed by atoms with Gasteiger partial charge in [0.2, 0.25) is 0 Å². The van der Waals surface area contributed by atoms with E-state index in [4.69, 9.17) is 6.42 Å². The standard InChI is InChI=1S/C12H21N/c1-4-5-12(13-3)11-8-6-10(2)7-9-11/h1,10-13H,5-9H2,2-3H3. The fraction of sp³-hybridized carbons (Fsp3) is 0.833. The highest BCUT2D eigenvalue weighted by Gasteiger charge is 2.24. The molecule has 0 aromatic heterocycles. The quantitative estimate of drug-likeness (QED) is 0.656. The Bertz CT molecular complexity index is 172. The molecule has 0 aromatic carbocycles. The third kappa shape index (κ3) is 3.04. The zero-order valence-electron chi connectivity index (χ0n) is 8.84. The monoisotopic (exact) mass is 179 g/mol. The average Bonchev–Trinajstić information content (AvgIpc) is 2.16. The summed E-state index contributed by atoms with van der Waals surface area (Å²) in [5.41, 5.74) is 0. The van der Waals surface area contributed by atoms with Crippen molar-refractivity contribution in [3.8, 4) is 12.3 Å². The average molecular weight is 179 g/mol. The molecule has 0 heterocycles. The Hall–Kier alpha value is -0.480. The molecule has 1 aliphatic rings. The summed E-state index contributed by atoms with van der Waals surface area (Å²) in [4.78, 5) is 0. The molecule has 0 aromatic rings. The van der Waals surface area contributed by atoms with E-state index in [1.54, 1.807) is 0 Å². The van der Waals surface area contributed by atoms with E-state index in [1.807, 2.05) is 7.05 Å². The van der Waals surface area contributed by atoms with Crippen molar-refractivity contribution in [3.63, 3.8) is 0 Å². The van der Waals surface area contributed by atoms with Gasteiger partial charge in [0.15, 0.2) is 0 Å². The predicted molar refractivity (Wildman–Crippen MR) is 57.4 cm³/mol. The van der Waals surface area contributed by atoms with Crippen LogP contribution in [0.15, 0.2) is 0 Å². The summed E-state index contributed by atoms with van der Waals surface area (Å²) in [6.07, 6.45) is 11.7. The molecule has 1 atom stereocenters. The van der Waals surface area contributed by atoms with Gasteiger partial charge < -0.3 is 5.32 Å². The van der Waals surface area contributed by atoms with Crippen LogP contribution in [0, 0.1) is 24.2 Å². The van der Waals surface area contributed by atoms with Crippen LogP contribution in [-0.4, -0.2) is 13.1 Å². The Labute approximate surface area is 82.3 Å². The largest absolute Gasteiger partial charge is 0.316 e. The Balaban J connectivity index is 2.37. The fourth-order valence-corrected chi connectivity index (χ4v) is 2.32. The van der Waals surface area contributed by atoms with Crippen LogP contribution in [0.4, 0.5) is 0 Å². The van der Waals surface area contributed by atoms with Crippen LogP contribution < -0.4 is 5.32 Å². The van der Waals surface area contributed by atoms with Crippen LogP contribution in [0.3, 0.4) is 0 Å². The first-order chi connectivity index (χ1) is 6.27. The summed E-state index contributed by atoms with van der Waals surface area (Å²) in [7, 11) is 2.03.